The summed E-state index contributed by atoms with van der Waals surface area (Å²) in [6.07, 6.45) is 6.43. The Morgan fingerprint density at radius 3 is 2.23 bits per heavy atom. The van der Waals surface area contributed by atoms with Crippen molar-refractivity contribution in [1.82, 2.24) is 34.5 Å². The van der Waals surface area contributed by atoms with Gasteiger partial charge in [-0.25, -0.2) is 9.59 Å². The molecule has 3 N–H and O–H groups in total. The maximum Gasteiger partial charge on any atom is 0.326 e. The molecule has 3 aliphatic heterocycles. The normalized spacial score (nSPS) is 19.6. The minimum Gasteiger partial charge on any atom is -0.506 e. The second kappa shape index (κ2) is 15.6. The third-order valence-corrected chi connectivity index (χ3v) is 11.3. The fraction of sp³-hybridized carbons (Fsp3) is 0.514. The fourth-order valence-electron chi connectivity index (χ4n) is 7.31. The Morgan fingerprint density at radius 1 is 0.896 bits per heavy atom. The average molecular weight is 788 g/mol. The molecule has 258 valence electrons. The van der Waals surface area contributed by atoms with Crippen molar-refractivity contribution in [2.75, 3.05) is 59.4 Å². The predicted octanol–water partition coefficient (Wildman–Crippen LogP) is 4.66. The van der Waals surface area contributed by atoms with Crippen LogP contribution >= 0.6 is 31.9 Å². The SMILES string of the molecule is CN1CCCN(C2CCN(C(=O)[C@H](Cc3cc(Br)c(O)c(Br)c3)NC(=O)N3CCC(n4cc(-c5ccccc5)[nH]c4=O)CC3)CC2)CC1. The summed E-state index contributed by atoms with van der Waals surface area (Å²) in [4.78, 5) is 52.2. The molecule has 0 bridgehead atoms. The van der Waals surface area contributed by atoms with Crippen LogP contribution in [0.15, 0.2) is 62.4 Å². The maximum absolute atomic E-state index is 14.1. The maximum atomic E-state index is 14.1. The number of phenolic OH excluding ortho intramolecular Hbond substituents is 1. The first-order chi connectivity index (χ1) is 23.2. The summed E-state index contributed by atoms with van der Waals surface area (Å²) in [6.45, 7) is 6.61. The molecule has 3 fully saturated rings. The minimum absolute atomic E-state index is 0.0229. The van der Waals surface area contributed by atoms with E-state index in [0.29, 0.717) is 54.0 Å². The second-order valence-electron chi connectivity index (χ2n) is 13.3. The summed E-state index contributed by atoms with van der Waals surface area (Å²) in [5.41, 5.74) is 2.39. The van der Waals surface area contributed by atoms with Crippen molar-refractivity contribution >= 4 is 43.8 Å². The lowest BCUT2D eigenvalue weighted by Crippen LogP contribution is -2.56. The van der Waals surface area contributed by atoms with E-state index in [9.17, 15) is 19.5 Å². The van der Waals surface area contributed by atoms with Crippen LogP contribution in [0.4, 0.5) is 4.79 Å². The van der Waals surface area contributed by atoms with Crippen molar-refractivity contribution in [2.24, 2.45) is 0 Å². The number of hydrogen-bond acceptors (Lipinski definition) is 6. The number of aromatic nitrogens is 2. The van der Waals surface area contributed by atoms with E-state index in [2.05, 4.69) is 59.0 Å². The topological polar surface area (TPSA) is 117 Å². The minimum atomic E-state index is -0.761. The average Bonchev–Trinajstić information content (AvgIpc) is 3.36. The number of likely N-dealkylation sites (tertiary alicyclic amines) is 2. The standard InChI is InChI=1S/C35H45Br2N7O4/c1-40-12-5-13-41(19-18-40)26-8-14-42(15-9-26)33(46)30(22-24-20-28(36)32(45)29(37)21-24)38-34(47)43-16-10-27(11-17-43)44-23-31(39-35(44)48)25-6-3-2-4-7-25/h2-4,6-7,20-21,23,26-27,30,45H,5,8-19,22H2,1H3,(H,38,47)(H,39,48)/t30-/m0/s1. The molecule has 4 heterocycles. The number of aromatic hydroxyl groups is 1. The molecule has 1 aromatic heterocycles. The summed E-state index contributed by atoms with van der Waals surface area (Å²) in [5.74, 6) is 0.00709. The van der Waals surface area contributed by atoms with Gasteiger partial charge in [-0.1, -0.05) is 30.3 Å². The molecule has 48 heavy (non-hydrogen) atoms. The highest BCUT2D eigenvalue weighted by atomic mass is 79.9. The van der Waals surface area contributed by atoms with Crippen molar-refractivity contribution in [3.05, 3.63) is 73.7 Å². The summed E-state index contributed by atoms with van der Waals surface area (Å²) >= 11 is 6.81. The van der Waals surface area contributed by atoms with Crippen LogP contribution in [0.3, 0.4) is 0 Å². The number of piperidine rings is 2. The predicted molar refractivity (Wildman–Crippen MR) is 193 cm³/mol. The lowest BCUT2D eigenvalue weighted by Gasteiger charge is -2.39. The van der Waals surface area contributed by atoms with Crippen molar-refractivity contribution in [3.63, 3.8) is 0 Å². The molecule has 0 spiro atoms. The number of carbonyl (C=O) groups is 2. The van der Waals surface area contributed by atoms with E-state index < -0.39 is 6.04 Å². The van der Waals surface area contributed by atoms with E-state index in [1.807, 2.05) is 41.4 Å². The quantitative estimate of drug-likeness (QED) is 0.321. The van der Waals surface area contributed by atoms with Crippen LogP contribution in [-0.2, 0) is 11.2 Å². The Labute approximate surface area is 298 Å². The molecule has 2 aromatic carbocycles. The number of likely N-dealkylation sites (N-methyl/N-ethyl adjacent to an activating group) is 1. The first kappa shape index (κ1) is 34.7. The summed E-state index contributed by atoms with van der Waals surface area (Å²) in [7, 11) is 2.18. The van der Waals surface area contributed by atoms with E-state index in [-0.39, 0.29) is 35.8 Å². The third-order valence-electron chi connectivity index (χ3n) is 10.1. The van der Waals surface area contributed by atoms with E-state index in [0.717, 1.165) is 62.3 Å². The highest BCUT2D eigenvalue weighted by Gasteiger charge is 2.34. The molecule has 6 rings (SSSR count). The number of halogens is 2. The zero-order valence-corrected chi connectivity index (χ0v) is 30.6. The van der Waals surface area contributed by atoms with Gasteiger partial charge in [0.05, 0.1) is 14.6 Å². The number of imidazole rings is 1. The third kappa shape index (κ3) is 8.18. The first-order valence-corrected chi connectivity index (χ1v) is 18.5. The number of hydrogen-bond donors (Lipinski definition) is 3. The Hall–Kier alpha value is -3.13. The number of phenols is 1. The van der Waals surface area contributed by atoms with Crippen LogP contribution in [0.2, 0.25) is 0 Å². The van der Waals surface area contributed by atoms with Crippen molar-refractivity contribution < 1.29 is 14.7 Å². The monoisotopic (exact) mass is 785 g/mol. The molecule has 13 heteroatoms. The van der Waals surface area contributed by atoms with Gasteiger partial charge in [-0.3, -0.25) is 14.3 Å². The fourth-order valence-corrected chi connectivity index (χ4v) is 8.59. The highest BCUT2D eigenvalue weighted by Crippen LogP contribution is 2.34. The van der Waals surface area contributed by atoms with Gasteiger partial charge in [0.15, 0.2) is 0 Å². The lowest BCUT2D eigenvalue weighted by molar-refractivity contribution is -0.134. The van der Waals surface area contributed by atoms with Crippen molar-refractivity contribution in [2.45, 2.75) is 56.7 Å². The Kier molecular flexibility index (Phi) is 11.3. The van der Waals surface area contributed by atoms with Gasteiger partial charge in [0.1, 0.15) is 11.8 Å². The van der Waals surface area contributed by atoms with Crippen LogP contribution in [0.5, 0.6) is 5.75 Å². The van der Waals surface area contributed by atoms with Crippen LogP contribution in [0.25, 0.3) is 11.3 Å². The zero-order chi connectivity index (χ0) is 33.8. The van der Waals surface area contributed by atoms with Gasteiger partial charge in [-0.15, -0.1) is 0 Å². The van der Waals surface area contributed by atoms with Gasteiger partial charge in [0.25, 0.3) is 0 Å². The number of urea groups is 1. The number of aromatic amines is 1. The van der Waals surface area contributed by atoms with Gasteiger partial charge in [0.2, 0.25) is 5.91 Å². The number of amides is 3. The molecule has 3 aliphatic rings. The molecule has 1 atom stereocenters. The van der Waals surface area contributed by atoms with Crippen molar-refractivity contribution in [1.29, 1.82) is 0 Å². The smallest absolute Gasteiger partial charge is 0.326 e. The van der Waals surface area contributed by atoms with E-state index in [4.69, 9.17) is 0 Å². The number of rotatable bonds is 7. The van der Waals surface area contributed by atoms with Crippen LogP contribution in [0, 0.1) is 0 Å². The lowest BCUT2D eigenvalue weighted by atomic mass is 9.99. The van der Waals surface area contributed by atoms with Gasteiger partial charge in [-0.2, -0.15) is 0 Å². The zero-order valence-electron chi connectivity index (χ0n) is 27.4. The summed E-state index contributed by atoms with van der Waals surface area (Å²) in [6, 6.07) is 12.7. The van der Waals surface area contributed by atoms with Gasteiger partial charge < -0.3 is 30.1 Å². The van der Waals surface area contributed by atoms with Crippen LogP contribution < -0.4 is 11.0 Å². The number of benzene rings is 2. The molecule has 0 unspecified atom stereocenters. The largest absolute Gasteiger partial charge is 0.506 e. The molecule has 3 amide bonds. The van der Waals surface area contributed by atoms with Gasteiger partial charge in [-0.05, 0) is 107 Å². The van der Waals surface area contributed by atoms with E-state index in [1.165, 1.54) is 0 Å². The highest BCUT2D eigenvalue weighted by molar-refractivity contribution is 9.11. The van der Waals surface area contributed by atoms with Crippen LogP contribution in [0.1, 0.15) is 43.7 Å². The molecular formula is C35H45Br2N7O4. The van der Waals surface area contributed by atoms with Crippen molar-refractivity contribution in [3.8, 4) is 17.0 Å². The number of carbonyl (C=O) groups excluding carboxylic acids is 2. The molecule has 3 saturated heterocycles. The molecule has 3 aromatic rings. The van der Waals surface area contributed by atoms with E-state index in [1.54, 1.807) is 21.6 Å². The Morgan fingerprint density at radius 2 is 1.54 bits per heavy atom. The van der Waals surface area contributed by atoms with E-state index >= 15 is 0 Å². The van der Waals surface area contributed by atoms with Gasteiger partial charge >= 0.3 is 11.7 Å². The van der Waals surface area contributed by atoms with Gasteiger partial charge in [0, 0.05) is 64.0 Å². The molecule has 0 saturated carbocycles. The second-order valence-corrected chi connectivity index (χ2v) is 15.0. The molecule has 0 radical (unpaired) electrons. The number of H-pyrrole nitrogens is 1. The Bertz CT molecular complexity index is 1610. The number of nitrogens with one attached hydrogen (secondary N) is 2. The Balaban J connectivity index is 1.10. The summed E-state index contributed by atoms with van der Waals surface area (Å²) in [5, 5.41) is 13.3. The van der Waals surface area contributed by atoms with Crippen LogP contribution in [-0.4, -0.2) is 118 Å². The number of nitrogens with zero attached hydrogens (tertiary/aromatic N) is 5. The summed E-state index contributed by atoms with van der Waals surface area (Å²) < 4.78 is 2.79. The molecular weight excluding hydrogens is 742 g/mol. The first-order valence-electron chi connectivity index (χ1n) is 17.0. The molecule has 11 nitrogen and oxygen atoms in total. The molecule has 0 aliphatic carbocycles.